The molecule has 0 bridgehead atoms. The number of amides is 1. The maximum absolute atomic E-state index is 12.1. The number of rotatable bonds is 6. The second-order valence-electron chi connectivity index (χ2n) is 5.53. The average molecular weight is 322 g/mol. The van der Waals surface area contributed by atoms with Gasteiger partial charge in [0.2, 0.25) is 0 Å². The Labute approximate surface area is 132 Å². The number of carbonyl (C=O) groups is 2. The van der Waals surface area contributed by atoms with Gasteiger partial charge in [0.15, 0.2) is 6.10 Å². The number of hydrogen-bond donors (Lipinski definition) is 1. The van der Waals surface area contributed by atoms with E-state index in [0.717, 1.165) is 6.42 Å². The predicted octanol–water partition coefficient (Wildman–Crippen LogP) is 2.13. The number of esters is 1. The van der Waals surface area contributed by atoms with Crippen LogP contribution in [0.1, 0.15) is 20.3 Å². The Bertz CT molecular complexity index is 645. The zero-order valence-electron chi connectivity index (χ0n) is 13.1. The van der Waals surface area contributed by atoms with Gasteiger partial charge in [-0.15, -0.1) is 0 Å². The Morgan fingerprint density at radius 2 is 2.09 bits per heavy atom. The Morgan fingerprint density at radius 1 is 1.43 bits per heavy atom. The molecule has 0 aliphatic heterocycles. The zero-order valence-corrected chi connectivity index (χ0v) is 13.1. The summed E-state index contributed by atoms with van der Waals surface area (Å²) in [6.07, 6.45) is -0.231. The van der Waals surface area contributed by atoms with Gasteiger partial charge in [0.1, 0.15) is 5.75 Å². The van der Waals surface area contributed by atoms with Crippen molar-refractivity contribution in [1.82, 2.24) is 0 Å². The molecule has 0 aromatic heterocycles. The maximum Gasteiger partial charge on any atom is 0.309 e. The highest BCUT2D eigenvalue weighted by molar-refractivity contribution is 5.96. The number of ether oxygens (including phenoxy) is 2. The van der Waals surface area contributed by atoms with Crippen molar-refractivity contribution in [3.8, 4) is 5.75 Å². The second kappa shape index (κ2) is 6.64. The van der Waals surface area contributed by atoms with Gasteiger partial charge in [-0.05, 0) is 25.3 Å². The van der Waals surface area contributed by atoms with Crippen LogP contribution in [-0.4, -0.2) is 30.0 Å². The maximum atomic E-state index is 12.1. The summed E-state index contributed by atoms with van der Waals surface area (Å²) in [4.78, 5) is 34.1. The molecule has 1 fully saturated rings. The van der Waals surface area contributed by atoms with Crippen LogP contribution in [0.3, 0.4) is 0 Å². The number of nitrogens with one attached hydrogen (secondary N) is 1. The van der Waals surface area contributed by atoms with E-state index in [-0.39, 0.29) is 29.0 Å². The zero-order chi connectivity index (χ0) is 17.1. The molecular weight excluding hydrogens is 304 g/mol. The molecule has 1 aromatic carbocycles. The van der Waals surface area contributed by atoms with E-state index in [1.54, 1.807) is 0 Å². The molecule has 124 valence electrons. The summed E-state index contributed by atoms with van der Waals surface area (Å²) in [5, 5.41) is 13.3. The van der Waals surface area contributed by atoms with Crippen molar-refractivity contribution in [3.05, 3.63) is 28.3 Å². The lowest BCUT2D eigenvalue weighted by molar-refractivity contribution is -0.384. The number of benzene rings is 1. The molecular formula is C15H18N2O6. The molecule has 8 nitrogen and oxygen atoms in total. The molecule has 0 unspecified atom stereocenters. The van der Waals surface area contributed by atoms with E-state index in [2.05, 4.69) is 5.32 Å². The Hall–Kier alpha value is -2.64. The van der Waals surface area contributed by atoms with Gasteiger partial charge in [-0.1, -0.05) is 6.92 Å². The molecule has 3 atom stereocenters. The molecule has 0 spiro atoms. The first kappa shape index (κ1) is 16.7. The van der Waals surface area contributed by atoms with Crippen molar-refractivity contribution in [2.24, 2.45) is 11.8 Å². The smallest absolute Gasteiger partial charge is 0.309 e. The molecule has 0 heterocycles. The Balaban J connectivity index is 2.04. The average Bonchev–Trinajstić information content (AvgIpc) is 3.24. The van der Waals surface area contributed by atoms with Gasteiger partial charge in [-0.2, -0.15) is 0 Å². The Morgan fingerprint density at radius 3 is 2.61 bits per heavy atom. The number of nitro benzene ring substituents is 1. The summed E-state index contributed by atoms with van der Waals surface area (Å²) < 4.78 is 10.2. The molecule has 1 aromatic rings. The third-order valence-electron chi connectivity index (χ3n) is 3.73. The highest BCUT2D eigenvalue weighted by Crippen LogP contribution is 2.38. The van der Waals surface area contributed by atoms with Crippen molar-refractivity contribution in [3.63, 3.8) is 0 Å². The quantitative estimate of drug-likeness (QED) is 0.488. The normalized spacial score (nSPS) is 20.3. The largest absolute Gasteiger partial charge is 0.495 e. The van der Waals surface area contributed by atoms with Gasteiger partial charge < -0.3 is 14.8 Å². The number of hydrogen-bond acceptors (Lipinski definition) is 6. The van der Waals surface area contributed by atoms with Gasteiger partial charge in [0.05, 0.1) is 23.6 Å². The van der Waals surface area contributed by atoms with Crippen LogP contribution in [0.2, 0.25) is 0 Å². The number of non-ortho nitro benzene ring substituents is 1. The van der Waals surface area contributed by atoms with Gasteiger partial charge in [-0.25, -0.2) is 0 Å². The highest BCUT2D eigenvalue weighted by atomic mass is 16.6. The van der Waals surface area contributed by atoms with Crippen molar-refractivity contribution in [2.75, 3.05) is 12.4 Å². The number of nitro groups is 1. The molecule has 1 saturated carbocycles. The van der Waals surface area contributed by atoms with E-state index >= 15 is 0 Å². The fourth-order valence-electron chi connectivity index (χ4n) is 2.11. The molecule has 8 heteroatoms. The molecule has 1 amide bonds. The molecule has 0 saturated heterocycles. The first-order valence-electron chi connectivity index (χ1n) is 7.17. The summed E-state index contributed by atoms with van der Waals surface area (Å²) in [5.74, 6) is -0.554. The van der Waals surface area contributed by atoms with Gasteiger partial charge in [0.25, 0.3) is 11.6 Å². The predicted molar refractivity (Wildman–Crippen MR) is 81.1 cm³/mol. The summed E-state index contributed by atoms with van der Waals surface area (Å²) in [6.45, 7) is 3.38. The monoisotopic (exact) mass is 322 g/mol. The fourth-order valence-corrected chi connectivity index (χ4v) is 2.11. The summed E-state index contributed by atoms with van der Waals surface area (Å²) in [5.41, 5.74) is -0.0352. The molecule has 0 radical (unpaired) electrons. The van der Waals surface area contributed by atoms with E-state index in [1.165, 1.54) is 32.2 Å². The number of methoxy groups -OCH3 is 1. The van der Waals surface area contributed by atoms with E-state index in [9.17, 15) is 19.7 Å². The third-order valence-corrected chi connectivity index (χ3v) is 3.73. The van der Waals surface area contributed by atoms with Crippen LogP contribution < -0.4 is 10.1 Å². The van der Waals surface area contributed by atoms with Crippen LogP contribution in [0.5, 0.6) is 5.75 Å². The SMILES string of the molecule is COc1ccc([N+](=O)[O-])cc1NC(=O)[C@@H](C)OC(=O)[C@@H]1C[C@@H]1C. The van der Waals surface area contributed by atoms with E-state index < -0.39 is 22.9 Å². The van der Waals surface area contributed by atoms with Crippen molar-refractivity contribution < 1.29 is 24.0 Å². The number of anilines is 1. The molecule has 1 aliphatic rings. The van der Waals surface area contributed by atoms with E-state index in [1.807, 2.05) is 6.92 Å². The highest BCUT2D eigenvalue weighted by Gasteiger charge is 2.41. The van der Waals surface area contributed by atoms with Crippen LogP contribution in [0, 0.1) is 22.0 Å². The van der Waals surface area contributed by atoms with Crippen LogP contribution in [0.25, 0.3) is 0 Å². The van der Waals surface area contributed by atoms with Gasteiger partial charge in [-0.3, -0.25) is 19.7 Å². The lowest BCUT2D eigenvalue weighted by Crippen LogP contribution is -2.30. The van der Waals surface area contributed by atoms with Crippen molar-refractivity contribution in [2.45, 2.75) is 26.4 Å². The summed E-state index contributed by atoms with van der Waals surface area (Å²) >= 11 is 0. The van der Waals surface area contributed by atoms with E-state index in [4.69, 9.17) is 9.47 Å². The lowest BCUT2D eigenvalue weighted by Gasteiger charge is -2.15. The number of nitrogens with zero attached hydrogens (tertiary/aromatic N) is 1. The van der Waals surface area contributed by atoms with Crippen LogP contribution in [-0.2, 0) is 14.3 Å². The van der Waals surface area contributed by atoms with Crippen molar-refractivity contribution in [1.29, 1.82) is 0 Å². The van der Waals surface area contributed by atoms with Crippen LogP contribution in [0.4, 0.5) is 11.4 Å². The molecule has 23 heavy (non-hydrogen) atoms. The minimum atomic E-state index is -1.00. The third kappa shape index (κ3) is 3.97. The first-order valence-corrected chi connectivity index (χ1v) is 7.17. The standard InChI is InChI=1S/C15H18N2O6/c1-8-6-11(8)15(19)23-9(2)14(18)16-12-7-10(17(20)21)4-5-13(12)22-3/h4-5,7-9,11H,6H2,1-3H3,(H,16,18)/t8-,9+,11+/m0/s1. The van der Waals surface area contributed by atoms with Crippen LogP contribution >= 0.6 is 0 Å². The molecule has 1 aliphatic carbocycles. The lowest BCUT2D eigenvalue weighted by atomic mass is 10.2. The summed E-state index contributed by atoms with van der Waals surface area (Å²) in [7, 11) is 1.38. The van der Waals surface area contributed by atoms with E-state index in [0.29, 0.717) is 0 Å². The second-order valence-corrected chi connectivity index (χ2v) is 5.53. The minimum absolute atomic E-state index is 0.141. The molecule has 1 N–H and O–H groups in total. The topological polar surface area (TPSA) is 108 Å². The number of carbonyl (C=O) groups excluding carboxylic acids is 2. The Kier molecular flexibility index (Phi) is 4.83. The minimum Gasteiger partial charge on any atom is -0.495 e. The van der Waals surface area contributed by atoms with Gasteiger partial charge in [0, 0.05) is 12.1 Å². The van der Waals surface area contributed by atoms with Gasteiger partial charge >= 0.3 is 5.97 Å². The molecule has 2 rings (SSSR count). The summed E-state index contributed by atoms with van der Waals surface area (Å²) in [6, 6.07) is 3.84. The van der Waals surface area contributed by atoms with Crippen LogP contribution in [0.15, 0.2) is 18.2 Å². The fraction of sp³-hybridized carbons (Fsp3) is 0.467. The first-order chi connectivity index (χ1) is 10.8. The van der Waals surface area contributed by atoms with Crippen molar-refractivity contribution >= 4 is 23.3 Å².